The van der Waals surface area contributed by atoms with Crippen molar-refractivity contribution in [3.8, 4) is 5.75 Å². The molecule has 1 atom stereocenters. The predicted octanol–water partition coefficient (Wildman–Crippen LogP) is 3.28. The van der Waals surface area contributed by atoms with E-state index in [2.05, 4.69) is 0 Å². The molecule has 110 valence electrons. The lowest BCUT2D eigenvalue weighted by Gasteiger charge is -2.17. The molecule has 2 aromatic carbocycles. The quantitative estimate of drug-likeness (QED) is 0.481. The Bertz CT molecular complexity index is 707. The minimum Gasteiger partial charge on any atom is -0.421 e. The maximum Gasteiger partial charge on any atom is 0.410 e. The number of nitro benzene ring substituents is 1. The van der Waals surface area contributed by atoms with Gasteiger partial charge in [0.2, 0.25) is 5.82 Å². The highest BCUT2D eigenvalue weighted by Gasteiger charge is 2.28. The van der Waals surface area contributed by atoms with Crippen molar-refractivity contribution in [1.82, 2.24) is 0 Å². The molecule has 0 aromatic heterocycles. The van der Waals surface area contributed by atoms with E-state index in [-0.39, 0.29) is 5.75 Å². The van der Waals surface area contributed by atoms with Gasteiger partial charge in [-0.05, 0) is 18.2 Å². The molecule has 8 heteroatoms. The van der Waals surface area contributed by atoms with E-state index in [1.807, 2.05) is 0 Å². The van der Waals surface area contributed by atoms with Crippen LogP contribution >= 0.6 is 7.60 Å². The molecule has 6 nitrogen and oxygen atoms in total. The Morgan fingerprint density at radius 3 is 2.38 bits per heavy atom. The van der Waals surface area contributed by atoms with Crippen molar-refractivity contribution in [3.63, 3.8) is 0 Å². The van der Waals surface area contributed by atoms with E-state index in [0.717, 1.165) is 18.2 Å². The lowest BCUT2D eigenvalue weighted by molar-refractivity contribution is -0.387. The molecule has 0 saturated carbocycles. The standard InChI is InChI=1S/C13H11FNO5P/c1-19-21(18,11-5-3-2-4-6-11)20-10-7-8-13(15(16)17)12(14)9-10/h2-9H,1H3. The third-order valence-electron chi connectivity index (χ3n) is 2.65. The van der Waals surface area contributed by atoms with E-state index in [1.54, 1.807) is 30.3 Å². The molecule has 1 unspecified atom stereocenters. The van der Waals surface area contributed by atoms with Crippen molar-refractivity contribution in [2.45, 2.75) is 0 Å². The van der Waals surface area contributed by atoms with Gasteiger partial charge in [-0.1, -0.05) is 18.2 Å². The minimum absolute atomic E-state index is 0.118. The highest BCUT2D eigenvalue weighted by Crippen LogP contribution is 2.46. The monoisotopic (exact) mass is 311 g/mol. The Kier molecular flexibility index (Phi) is 4.35. The molecule has 0 saturated heterocycles. The van der Waals surface area contributed by atoms with Gasteiger partial charge in [-0.15, -0.1) is 0 Å². The zero-order valence-electron chi connectivity index (χ0n) is 10.9. The van der Waals surface area contributed by atoms with Crippen LogP contribution in [0, 0.1) is 15.9 Å². The van der Waals surface area contributed by atoms with E-state index >= 15 is 0 Å². The van der Waals surface area contributed by atoms with Gasteiger partial charge >= 0.3 is 13.3 Å². The van der Waals surface area contributed by atoms with Crippen LogP contribution in [-0.4, -0.2) is 12.0 Å². The van der Waals surface area contributed by atoms with Crippen LogP contribution in [0.3, 0.4) is 0 Å². The molecule has 0 aliphatic rings. The first-order chi connectivity index (χ1) is 9.96. The fraction of sp³-hybridized carbons (Fsp3) is 0.0769. The maximum atomic E-state index is 13.5. The first kappa shape index (κ1) is 15.2. The number of nitro groups is 1. The Hall–Kier alpha value is -2.24. The fourth-order valence-corrected chi connectivity index (χ4v) is 2.96. The molecule has 2 rings (SSSR count). The van der Waals surface area contributed by atoms with Crippen LogP contribution in [0.4, 0.5) is 10.1 Å². The summed E-state index contributed by atoms with van der Waals surface area (Å²) in [6, 6.07) is 11.0. The molecule has 2 aromatic rings. The van der Waals surface area contributed by atoms with E-state index < -0.39 is 24.0 Å². The largest absolute Gasteiger partial charge is 0.421 e. The summed E-state index contributed by atoms with van der Waals surface area (Å²) >= 11 is 0. The van der Waals surface area contributed by atoms with Gasteiger partial charge in [-0.25, -0.2) is 4.57 Å². The molecule has 0 bridgehead atoms. The Balaban J connectivity index is 2.34. The minimum atomic E-state index is -3.67. The van der Waals surface area contributed by atoms with Crippen molar-refractivity contribution in [2.75, 3.05) is 7.11 Å². The molecule has 0 aliphatic carbocycles. The SMILES string of the molecule is COP(=O)(Oc1ccc([N+](=O)[O-])c(F)c1)c1ccccc1. The Labute approximate surface area is 119 Å². The van der Waals surface area contributed by atoms with Gasteiger partial charge in [0.1, 0.15) is 5.75 Å². The average Bonchev–Trinajstić information content (AvgIpc) is 2.47. The summed E-state index contributed by atoms with van der Waals surface area (Å²) in [7, 11) is -2.47. The first-order valence-corrected chi connectivity index (χ1v) is 7.35. The highest BCUT2D eigenvalue weighted by atomic mass is 31.2. The number of nitrogens with zero attached hydrogens (tertiary/aromatic N) is 1. The third-order valence-corrected chi connectivity index (χ3v) is 4.52. The molecule has 21 heavy (non-hydrogen) atoms. The molecule has 0 aliphatic heterocycles. The topological polar surface area (TPSA) is 78.7 Å². The maximum absolute atomic E-state index is 13.5. The van der Waals surface area contributed by atoms with Crippen molar-refractivity contribution in [3.05, 3.63) is 64.5 Å². The number of halogens is 1. The Morgan fingerprint density at radius 1 is 1.19 bits per heavy atom. The second kappa shape index (κ2) is 6.03. The van der Waals surface area contributed by atoms with Gasteiger partial charge in [-0.2, -0.15) is 4.39 Å². The Morgan fingerprint density at radius 2 is 1.86 bits per heavy atom. The lowest BCUT2D eigenvalue weighted by atomic mass is 10.3. The normalized spacial score (nSPS) is 13.4. The van der Waals surface area contributed by atoms with Gasteiger partial charge < -0.3 is 4.52 Å². The summed E-state index contributed by atoms with van der Waals surface area (Å²) in [4.78, 5) is 9.69. The van der Waals surface area contributed by atoms with Crippen LogP contribution in [0.5, 0.6) is 5.75 Å². The van der Waals surface area contributed by atoms with E-state index in [9.17, 15) is 19.1 Å². The molecule has 0 radical (unpaired) electrons. The van der Waals surface area contributed by atoms with Gasteiger partial charge in [0.15, 0.2) is 0 Å². The van der Waals surface area contributed by atoms with Crippen LogP contribution in [0.25, 0.3) is 0 Å². The summed E-state index contributed by atoms with van der Waals surface area (Å²) in [6.45, 7) is 0. The van der Waals surface area contributed by atoms with E-state index in [1.165, 1.54) is 7.11 Å². The van der Waals surface area contributed by atoms with Crippen LogP contribution in [-0.2, 0) is 9.09 Å². The summed E-state index contributed by atoms with van der Waals surface area (Å²) in [5, 5.41) is 10.8. The van der Waals surface area contributed by atoms with Crippen LogP contribution < -0.4 is 9.83 Å². The molecular formula is C13H11FNO5P. The van der Waals surface area contributed by atoms with Crippen molar-refractivity contribution in [1.29, 1.82) is 0 Å². The molecule has 0 heterocycles. The lowest BCUT2D eigenvalue weighted by Crippen LogP contribution is -2.10. The van der Waals surface area contributed by atoms with Crippen LogP contribution in [0.15, 0.2) is 48.5 Å². The second-order valence-corrected chi connectivity index (χ2v) is 6.04. The number of rotatable bonds is 5. The smallest absolute Gasteiger partial charge is 0.410 e. The van der Waals surface area contributed by atoms with Crippen LogP contribution in [0.1, 0.15) is 0 Å². The van der Waals surface area contributed by atoms with Crippen molar-refractivity contribution < 1.29 is 22.9 Å². The summed E-state index contributed by atoms with van der Waals surface area (Å²) < 4.78 is 36.3. The number of hydrogen-bond acceptors (Lipinski definition) is 5. The van der Waals surface area contributed by atoms with Gasteiger partial charge in [0, 0.05) is 19.2 Å². The number of benzene rings is 2. The molecule has 0 amide bonds. The van der Waals surface area contributed by atoms with Gasteiger partial charge in [0.05, 0.1) is 10.2 Å². The first-order valence-electron chi connectivity index (χ1n) is 5.81. The van der Waals surface area contributed by atoms with E-state index in [0.29, 0.717) is 5.30 Å². The van der Waals surface area contributed by atoms with E-state index in [4.69, 9.17) is 9.05 Å². The molecular weight excluding hydrogens is 300 g/mol. The highest BCUT2D eigenvalue weighted by molar-refractivity contribution is 7.62. The third kappa shape index (κ3) is 3.26. The zero-order valence-corrected chi connectivity index (χ0v) is 11.8. The van der Waals surface area contributed by atoms with Crippen molar-refractivity contribution >= 4 is 18.6 Å². The molecule has 0 N–H and O–H groups in total. The fourth-order valence-electron chi connectivity index (χ4n) is 1.64. The summed E-state index contributed by atoms with van der Waals surface area (Å²) in [5.41, 5.74) is -0.686. The summed E-state index contributed by atoms with van der Waals surface area (Å²) in [5.74, 6) is -1.19. The summed E-state index contributed by atoms with van der Waals surface area (Å²) in [6.07, 6.45) is 0. The van der Waals surface area contributed by atoms with Gasteiger partial charge in [-0.3, -0.25) is 14.6 Å². The van der Waals surface area contributed by atoms with Gasteiger partial charge in [0.25, 0.3) is 0 Å². The zero-order chi connectivity index (χ0) is 15.5. The number of hydrogen-bond donors (Lipinski definition) is 0. The molecule has 0 spiro atoms. The van der Waals surface area contributed by atoms with Crippen molar-refractivity contribution in [2.24, 2.45) is 0 Å². The van der Waals surface area contributed by atoms with Crippen LogP contribution in [0.2, 0.25) is 0 Å². The molecule has 0 fully saturated rings. The second-order valence-electron chi connectivity index (χ2n) is 3.98. The predicted molar refractivity (Wildman–Crippen MR) is 74.4 cm³/mol. The average molecular weight is 311 g/mol.